The van der Waals surface area contributed by atoms with Crippen LogP contribution in [0, 0.1) is 17.1 Å². The second-order valence-electron chi connectivity index (χ2n) is 3.64. The number of ether oxygens (including phenoxy) is 1. The number of hydrogen-bond acceptors (Lipinski definition) is 3. The molecule has 0 aliphatic heterocycles. The molecular formula is C13H7BrClFN2O. The summed E-state index contributed by atoms with van der Waals surface area (Å²) in [7, 11) is 0. The molecule has 0 amide bonds. The number of benzene rings is 2. The Morgan fingerprint density at radius 1 is 1.32 bits per heavy atom. The van der Waals surface area contributed by atoms with Crippen molar-refractivity contribution >= 4 is 33.2 Å². The van der Waals surface area contributed by atoms with Gasteiger partial charge in [-0.05, 0) is 40.2 Å². The molecule has 2 rings (SSSR count). The van der Waals surface area contributed by atoms with Gasteiger partial charge < -0.3 is 10.5 Å². The lowest BCUT2D eigenvalue weighted by Gasteiger charge is -2.09. The van der Waals surface area contributed by atoms with Gasteiger partial charge in [0, 0.05) is 6.07 Å². The SMILES string of the molecule is N#Cc1ccc(Oc2ccc(N)c(Cl)c2)c(F)c1Br. The number of nitrogens with zero attached hydrogens (tertiary/aromatic N) is 1. The lowest BCUT2D eigenvalue weighted by atomic mass is 10.2. The third-order valence-corrected chi connectivity index (χ3v) is 3.47. The Labute approximate surface area is 122 Å². The highest BCUT2D eigenvalue weighted by Crippen LogP contribution is 2.33. The quantitative estimate of drug-likeness (QED) is 0.819. The van der Waals surface area contributed by atoms with E-state index in [9.17, 15) is 4.39 Å². The van der Waals surface area contributed by atoms with Crippen LogP contribution in [0.25, 0.3) is 0 Å². The summed E-state index contributed by atoms with van der Waals surface area (Å²) < 4.78 is 19.4. The molecule has 3 nitrogen and oxygen atoms in total. The van der Waals surface area contributed by atoms with Crippen molar-refractivity contribution in [2.75, 3.05) is 5.73 Å². The third-order valence-electron chi connectivity index (χ3n) is 2.37. The minimum Gasteiger partial charge on any atom is -0.454 e. The molecule has 0 heterocycles. The van der Waals surface area contributed by atoms with Crippen molar-refractivity contribution in [1.29, 1.82) is 5.26 Å². The first-order valence-corrected chi connectivity index (χ1v) is 6.31. The van der Waals surface area contributed by atoms with Gasteiger partial charge in [-0.1, -0.05) is 11.6 Å². The average Bonchev–Trinajstić information content (AvgIpc) is 2.40. The van der Waals surface area contributed by atoms with Gasteiger partial charge in [0.2, 0.25) is 0 Å². The molecule has 2 N–H and O–H groups in total. The summed E-state index contributed by atoms with van der Waals surface area (Å²) in [4.78, 5) is 0. The van der Waals surface area contributed by atoms with E-state index in [1.54, 1.807) is 12.1 Å². The van der Waals surface area contributed by atoms with Crippen LogP contribution in [-0.4, -0.2) is 0 Å². The number of nitrogens with two attached hydrogens (primary N) is 1. The second-order valence-corrected chi connectivity index (χ2v) is 4.84. The molecule has 0 saturated carbocycles. The lowest BCUT2D eigenvalue weighted by molar-refractivity contribution is 0.440. The first kappa shape index (κ1) is 13.7. The van der Waals surface area contributed by atoms with Crippen molar-refractivity contribution in [3.63, 3.8) is 0 Å². The zero-order chi connectivity index (χ0) is 14.0. The molecule has 0 saturated heterocycles. The molecule has 0 aliphatic carbocycles. The summed E-state index contributed by atoms with van der Waals surface area (Å²) >= 11 is 8.85. The Balaban J connectivity index is 2.36. The number of nitrogen functional groups attached to an aromatic ring is 1. The fourth-order valence-corrected chi connectivity index (χ4v) is 1.98. The lowest BCUT2D eigenvalue weighted by Crippen LogP contribution is -1.93. The van der Waals surface area contributed by atoms with Gasteiger partial charge in [-0.25, -0.2) is 4.39 Å². The van der Waals surface area contributed by atoms with E-state index in [-0.39, 0.29) is 15.8 Å². The molecule has 2 aromatic rings. The van der Waals surface area contributed by atoms with Gasteiger partial charge in [-0.2, -0.15) is 5.26 Å². The zero-order valence-corrected chi connectivity index (χ0v) is 11.8. The molecule has 6 heteroatoms. The molecule has 19 heavy (non-hydrogen) atoms. The molecule has 0 fully saturated rings. The van der Waals surface area contributed by atoms with Crippen LogP contribution in [0.15, 0.2) is 34.8 Å². The van der Waals surface area contributed by atoms with Gasteiger partial charge in [0.1, 0.15) is 11.8 Å². The highest BCUT2D eigenvalue weighted by atomic mass is 79.9. The Hall–Kier alpha value is -1.77. The van der Waals surface area contributed by atoms with Gasteiger partial charge in [-0.3, -0.25) is 0 Å². The molecular weight excluding hydrogens is 335 g/mol. The molecule has 0 aliphatic rings. The van der Waals surface area contributed by atoms with E-state index < -0.39 is 5.82 Å². The monoisotopic (exact) mass is 340 g/mol. The van der Waals surface area contributed by atoms with Crippen molar-refractivity contribution < 1.29 is 9.13 Å². The van der Waals surface area contributed by atoms with Crippen LogP contribution in [0.4, 0.5) is 10.1 Å². The van der Waals surface area contributed by atoms with E-state index in [0.29, 0.717) is 16.5 Å². The summed E-state index contributed by atoms with van der Waals surface area (Å²) in [5, 5.41) is 9.10. The zero-order valence-electron chi connectivity index (χ0n) is 9.45. The second kappa shape index (κ2) is 5.47. The molecule has 0 radical (unpaired) electrons. The normalized spacial score (nSPS) is 10.0. The van der Waals surface area contributed by atoms with Gasteiger partial charge in [0.05, 0.1) is 20.7 Å². The summed E-state index contributed by atoms with van der Waals surface area (Å²) in [6.45, 7) is 0. The van der Waals surface area contributed by atoms with Crippen molar-refractivity contribution in [1.82, 2.24) is 0 Å². The third kappa shape index (κ3) is 2.80. The predicted molar refractivity (Wildman–Crippen MR) is 74.8 cm³/mol. The first-order chi connectivity index (χ1) is 9.02. The molecule has 0 aromatic heterocycles. The number of nitriles is 1. The fourth-order valence-electron chi connectivity index (χ4n) is 1.40. The van der Waals surface area contributed by atoms with Crippen LogP contribution in [0.5, 0.6) is 11.5 Å². The van der Waals surface area contributed by atoms with Crippen molar-refractivity contribution in [2.24, 2.45) is 0 Å². The largest absolute Gasteiger partial charge is 0.454 e. The molecule has 0 atom stereocenters. The van der Waals surface area contributed by atoms with E-state index >= 15 is 0 Å². The molecule has 96 valence electrons. The van der Waals surface area contributed by atoms with E-state index in [2.05, 4.69) is 15.9 Å². The molecule has 0 spiro atoms. The minimum absolute atomic E-state index is 0.00767. The van der Waals surface area contributed by atoms with Crippen LogP contribution in [0.1, 0.15) is 5.56 Å². The Bertz CT molecular complexity index is 685. The Morgan fingerprint density at radius 3 is 2.68 bits per heavy atom. The number of halogens is 3. The summed E-state index contributed by atoms with van der Waals surface area (Å²) in [6, 6.07) is 9.33. The van der Waals surface area contributed by atoms with Crippen molar-refractivity contribution in [3.8, 4) is 17.6 Å². The Morgan fingerprint density at radius 2 is 2.05 bits per heavy atom. The Kier molecular flexibility index (Phi) is 3.93. The number of rotatable bonds is 2. The smallest absolute Gasteiger partial charge is 0.181 e. The van der Waals surface area contributed by atoms with E-state index in [1.807, 2.05) is 6.07 Å². The summed E-state index contributed by atoms with van der Waals surface area (Å²) in [5.41, 5.74) is 6.18. The van der Waals surface area contributed by atoms with Crippen LogP contribution >= 0.6 is 27.5 Å². The maximum Gasteiger partial charge on any atom is 0.181 e. The molecule has 2 aromatic carbocycles. The van der Waals surface area contributed by atoms with Crippen molar-refractivity contribution in [2.45, 2.75) is 0 Å². The summed E-state index contributed by atoms with van der Waals surface area (Å²) in [5.74, 6) is -0.298. The highest BCUT2D eigenvalue weighted by molar-refractivity contribution is 9.10. The number of hydrogen-bond donors (Lipinski definition) is 1. The van der Waals surface area contributed by atoms with Crippen LogP contribution in [0.2, 0.25) is 5.02 Å². The van der Waals surface area contributed by atoms with Crippen LogP contribution in [-0.2, 0) is 0 Å². The van der Waals surface area contributed by atoms with Crippen LogP contribution in [0.3, 0.4) is 0 Å². The highest BCUT2D eigenvalue weighted by Gasteiger charge is 2.13. The summed E-state index contributed by atoms with van der Waals surface area (Å²) in [6.07, 6.45) is 0. The fraction of sp³-hybridized carbons (Fsp3) is 0. The van der Waals surface area contributed by atoms with Gasteiger partial charge >= 0.3 is 0 Å². The minimum atomic E-state index is -0.646. The van der Waals surface area contributed by atoms with Gasteiger partial charge in [0.15, 0.2) is 11.6 Å². The van der Waals surface area contributed by atoms with Crippen molar-refractivity contribution in [3.05, 3.63) is 51.2 Å². The first-order valence-electron chi connectivity index (χ1n) is 5.14. The standard InChI is InChI=1S/C13H7BrClFN2O/c14-12-7(6-17)1-4-11(13(12)16)19-8-2-3-10(18)9(15)5-8/h1-5H,18H2. The maximum absolute atomic E-state index is 13.9. The maximum atomic E-state index is 13.9. The van der Waals surface area contributed by atoms with E-state index in [4.69, 9.17) is 27.3 Å². The van der Waals surface area contributed by atoms with E-state index in [1.165, 1.54) is 18.2 Å². The topological polar surface area (TPSA) is 59.0 Å². The van der Waals surface area contributed by atoms with Gasteiger partial charge in [-0.15, -0.1) is 0 Å². The average molecular weight is 342 g/mol. The van der Waals surface area contributed by atoms with Crippen LogP contribution < -0.4 is 10.5 Å². The molecule has 0 unspecified atom stereocenters. The van der Waals surface area contributed by atoms with E-state index in [0.717, 1.165) is 0 Å². The van der Waals surface area contributed by atoms with Gasteiger partial charge in [0.25, 0.3) is 0 Å². The predicted octanol–water partition coefficient (Wildman–Crippen LogP) is 4.49. The molecule has 0 bridgehead atoms. The number of anilines is 1.